The van der Waals surface area contributed by atoms with Crippen LogP contribution in [0.3, 0.4) is 0 Å². The fourth-order valence-electron chi connectivity index (χ4n) is 4.73. The quantitative estimate of drug-likeness (QED) is 0.379. The van der Waals surface area contributed by atoms with E-state index >= 15 is 0 Å². The standard InChI is InChI=1S/C29H24N2O6/c1-17(2)15-25(28(34)37-31-26(32)22-13-7-8-14-23(22)27(31)33)30-29(35)36-16-24-20-11-5-3-9-18(20)19-10-4-6-12-21(19)24/h3-14,24-25H,1,15-16H2,2H3,(H,30,35). The number of amides is 3. The molecule has 0 saturated heterocycles. The highest BCUT2D eigenvalue weighted by molar-refractivity contribution is 6.21. The maximum Gasteiger partial charge on any atom is 0.407 e. The molecular formula is C29H24N2O6. The topological polar surface area (TPSA) is 102 Å². The van der Waals surface area contributed by atoms with Gasteiger partial charge in [0.15, 0.2) is 0 Å². The Morgan fingerprint density at radius 1 is 0.865 bits per heavy atom. The number of carbonyl (C=O) groups excluding carboxylic acids is 4. The number of rotatable bonds is 7. The summed E-state index contributed by atoms with van der Waals surface area (Å²) >= 11 is 0. The Morgan fingerprint density at radius 3 is 1.86 bits per heavy atom. The highest BCUT2D eigenvalue weighted by Crippen LogP contribution is 2.44. The van der Waals surface area contributed by atoms with Crippen LogP contribution in [0, 0.1) is 0 Å². The van der Waals surface area contributed by atoms with Crippen LogP contribution in [0.25, 0.3) is 11.1 Å². The van der Waals surface area contributed by atoms with Crippen LogP contribution in [-0.4, -0.2) is 41.6 Å². The summed E-state index contributed by atoms with van der Waals surface area (Å²) in [7, 11) is 0. The number of benzene rings is 3. The van der Waals surface area contributed by atoms with Gasteiger partial charge in [0.05, 0.1) is 11.1 Å². The van der Waals surface area contributed by atoms with Crippen LogP contribution in [-0.2, 0) is 14.4 Å². The summed E-state index contributed by atoms with van der Waals surface area (Å²) in [6.45, 7) is 5.54. The molecule has 186 valence electrons. The Kier molecular flexibility index (Phi) is 6.31. The zero-order valence-corrected chi connectivity index (χ0v) is 20.1. The van der Waals surface area contributed by atoms with Crippen molar-refractivity contribution in [1.82, 2.24) is 10.4 Å². The van der Waals surface area contributed by atoms with Gasteiger partial charge in [0.2, 0.25) is 0 Å². The number of nitrogens with one attached hydrogen (secondary N) is 1. The lowest BCUT2D eigenvalue weighted by atomic mass is 9.98. The Balaban J connectivity index is 1.26. The molecule has 0 spiro atoms. The average Bonchev–Trinajstić information content (AvgIpc) is 3.34. The molecule has 5 rings (SSSR count). The predicted molar refractivity (Wildman–Crippen MR) is 134 cm³/mol. The molecule has 3 amide bonds. The van der Waals surface area contributed by atoms with E-state index in [9.17, 15) is 19.2 Å². The summed E-state index contributed by atoms with van der Waals surface area (Å²) in [5, 5.41) is 2.91. The number of imide groups is 1. The molecule has 0 fully saturated rings. The molecule has 3 aromatic rings. The van der Waals surface area contributed by atoms with E-state index in [1.165, 1.54) is 12.1 Å². The second-order valence-electron chi connectivity index (χ2n) is 9.04. The van der Waals surface area contributed by atoms with Crippen molar-refractivity contribution >= 4 is 23.9 Å². The summed E-state index contributed by atoms with van der Waals surface area (Å²) in [5.74, 6) is -2.62. The number of fused-ring (bicyclic) bond motifs is 4. The molecule has 0 radical (unpaired) electrons. The zero-order chi connectivity index (χ0) is 26.1. The van der Waals surface area contributed by atoms with Gasteiger partial charge in [-0.05, 0) is 47.7 Å². The molecule has 1 heterocycles. The molecule has 2 aliphatic rings. The molecule has 8 heteroatoms. The molecule has 3 aromatic carbocycles. The second kappa shape index (κ2) is 9.73. The van der Waals surface area contributed by atoms with Crippen LogP contribution in [0.15, 0.2) is 84.9 Å². The first-order valence-corrected chi connectivity index (χ1v) is 11.8. The third-order valence-corrected chi connectivity index (χ3v) is 6.41. The van der Waals surface area contributed by atoms with E-state index in [0.717, 1.165) is 22.3 Å². The molecule has 37 heavy (non-hydrogen) atoms. The predicted octanol–water partition coefficient (Wildman–Crippen LogP) is 4.61. The van der Waals surface area contributed by atoms with Crippen molar-refractivity contribution in [3.63, 3.8) is 0 Å². The van der Waals surface area contributed by atoms with E-state index in [2.05, 4.69) is 11.9 Å². The van der Waals surface area contributed by atoms with Crippen molar-refractivity contribution in [2.24, 2.45) is 0 Å². The lowest BCUT2D eigenvalue weighted by Crippen LogP contribution is -2.46. The lowest BCUT2D eigenvalue weighted by Gasteiger charge is -2.21. The smallest absolute Gasteiger partial charge is 0.407 e. The molecule has 1 aliphatic carbocycles. The highest BCUT2D eigenvalue weighted by atomic mass is 16.7. The summed E-state index contributed by atoms with van der Waals surface area (Å²) in [6.07, 6.45) is -0.793. The molecule has 0 aromatic heterocycles. The van der Waals surface area contributed by atoms with Gasteiger partial charge in [-0.2, -0.15) is 0 Å². The zero-order valence-electron chi connectivity index (χ0n) is 20.1. The van der Waals surface area contributed by atoms with Crippen molar-refractivity contribution in [2.75, 3.05) is 6.61 Å². The van der Waals surface area contributed by atoms with Crippen molar-refractivity contribution < 1.29 is 28.8 Å². The molecule has 1 aliphatic heterocycles. The van der Waals surface area contributed by atoms with E-state index in [4.69, 9.17) is 9.57 Å². The van der Waals surface area contributed by atoms with Crippen molar-refractivity contribution in [1.29, 1.82) is 0 Å². The van der Waals surface area contributed by atoms with Crippen LogP contribution in [0.2, 0.25) is 0 Å². The molecule has 0 saturated carbocycles. The Hall–Kier alpha value is -4.72. The van der Waals surface area contributed by atoms with E-state index < -0.39 is 29.9 Å². The number of hydroxylamine groups is 2. The van der Waals surface area contributed by atoms with Crippen molar-refractivity contribution in [3.8, 4) is 11.1 Å². The van der Waals surface area contributed by atoms with Crippen LogP contribution in [0.4, 0.5) is 4.79 Å². The van der Waals surface area contributed by atoms with Crippen molar-refractivity contribution in [3.05, 3.63) is 107 Å². The number of carbonyl (C=O) groups is 4. The molecule has 8 nitrogen and oxygen atoms in total. The van der Waals surface area contributed by atoms with E-state index in [-0.39, 0.29) is 30.1 Å². The highest BCUT2D eigenvalue weighted by Gasteiger charge is 2.40. The number of nitrogens with zero attached hydrogens (tertiary/aromatic N) is 1. The minimum atomic E-state index is -1.21. The molecule has 1 unspecified atom stereocenters. The summed E-state index contributed by atoms with van der Waals surface area (Å²) in [4.78, 5) is 55.9. The van der Waals surface area contributed by atoms with E-state index in [0.29, 0.717) is 10.6 Å². The third kappa shape index (κ3) is 4.49. The van der Waals surface area contributed by atoms with Gasteiger partial charge in [-0.25, -0.2) is 9.59 Å². The average molecular weight is 497 g/mol. The third-order valence-electron chi connectivity index (χ3n) is 6.41. The normalized spacial score (nSPS) is 14.5. The molecule has 1 N–H and O–H groups in total. The summed E-state index contributed by atoms with van der Waals surface area (Å²) in [5.41, 5.74) is 5.17. The van der Waals surface area contributed by atoms with E-state index in [1.54, 1.807) is 19.1 Å². The minimum Gasteiger partial charge on any atom is -0.449 e. The Labute approximate surface area is 213 Å². The van der Waals surface area contributed by atoms with Gasteiger partial charge < -0.3 is 14.9 Å². The first kappa shape index (κ1) is 24.0. The van der Waals surface area contributed by atoms with Gasteiger partial charge in [0.25, 0.3) is 11.8 Å². The number of alkyl carbamates (subject to hydrolysis) is 1. The van der Waals surface area contributed by atoms with Gasteiger partial charge in [-0.3, -0.25) is 9.59 Å². The molecule has 1 atom stereocenters. The summed E-state index contributed by atoms with van der Waals surface area (Å²) < 4.78 is 5.53. The van der Waals surface area contributed by atoms with Crippen molar-refractivity contribution in [2.45, 2.75) is 25.3 Å². The second-order valence-corrected chi connectivity index (χ2v) is 9.04. The number of hydrogen-bond acceptors (Lipinski definition) is 6. The van der Waals surface area contributed by atoms with Gasteiger partial charge >= 0.3 is 12.1 Å². The number of hydrogen-bond donors (Lipinski definition) is 1. The van der Waals surface area contributed by atoms with Gasteiger partial charge in [-0.1, -0.05) is 71.3 Å². The van der Waals surface area contributed by atoms with Crippen LogP contribution < -0.4 is 5.32 Å². The largest absolute Gasteiger partial charge is 0.449 e. The van der Waals surface area contributed by atoms with Crippen LogP contribution in [0.1, 0.15) is 51.1 Å². The SMILES string of the molecule is C=C(C)CC(NC(=O)OCC1c2ccccc2-c2ccccc21)C(=O)ON1C(=O)c2ccccc2C1=O. The monoisotopic (exact) mass is 496 g/mol. The van der Waals surface area contributed by atoms with Crippen LogP contribution >= 0.6 is 0 Å². The number of ether oxygens (including phenoxy) is 1. The Bertz CT molecular complexity index is 1370. The van der Waals surface area contributed by atoms with Gasteiger partial charge in [0, 0.05) is 5.92 Å². The first-order valence-electron chi connectivity index (χ1n) is 11.8. The van der Waals surface area contributed by atoms with Gasteiger partial charge in [-0.15, -0.1) is 6.58 Å². The molecular weight excluding hydrogens is 472 g/mol. The van der Waals surface area contributed by atoms with E-state index in [1.807, 2.05) is 48.5 Å². The maximum absolute atomic E-state index is 12.9. The summed E-state index contributed by atoms with van der Waals surface area (Å²) in [6, 6.07) is 20.8. The Morgan fingerprint density at radius 2 is 1.35 bits per heavy atom. The van der Waals surface area contributed by atoms with Crippen LogP contribution in [0.5, 0.6) is 0 Å². The maximum atomic E-state index is 12.9. The van der Waals surface area contributed by atoms with Gasteiger partial charge in [0.1, 0.15) is 12.6 Å². The fraction of sp³-hybridized carbons (Fsp3) is 0.172. The first-order chi connectivity index (χ1) is 17.8. The molecule has 0 bridgehead atoms. The fourth-order valence-corrected chi connectivity index (χ4v) is 4.73. The minimum absolute atomic E-state index is 0.0339. The lowest BCUT2D eigenvalue weighted by molar-refractivity contribution is -0.171.